The minimum Gasteiger partial charge on any atom is -0.358 e. The van der Waals surface area contributed by atoms with Gasteiger partial charge in [0.05, 0.1) is 0 Å². The zero-order chi connectivity index (χ0) is 6.28. The molecule has 0 amide bonds. The molecule has 0 unspecified atom stereocenters. The maximum atomic E-state index is 8.70. The maximum Gasteiger partial charge on any atom is 2.00 e. The second-order valence-electron chi connectivity index (χ2n) is 0.753. The van der Waals surface area contributed by atoms with Crippen molar-refractivity contribution in [3.05, 3.63) is 14.4 Å². The average molecular weight is 205 g/mol. The minimum absolute atomic E-state index is 0. The zero-order valence-electron chi connectivity index (χ0n) is 5.87. The van der Waals surface area contributed by atoms with Gasteiger partial charge in [0.15, 0.2) is 0 Å². The second-order valence-corrected chi connectivity index (χ2v) is 1.26. The molecule has 0 aliphatic rings. The van der Waals surface area contributed by atoms with E-state index >= 15 is 0 Å². The standard InChI is InChI=1S/C3H7.CH3.HO3P.Zn/c1-3-2;;1-4(2)3;/h1,3H2,2H3;1H3;(H-,1,2,3);/q2*-1;;+2/p+1. The van der Waals surface area contributed by atoms with Crippen LogP contribution in [-0.4, -0.2) is 9.79 Å². The topological polar surface area (TPSA) is 57.5 Å². The summed E-state index contributed by atoms with van der Waals surface area (Å²) in [5.74, 6) is 0. The number of hydrogen-bond donors (Lipinski definition) is 2. The third-order valence-electron chi connectivity index (χ3n) is 0. The largest absolute Gasteiger partial charge is 2.00 e. The molecule has 0 atom stereocenters. The zero-order valence-corrected chi connectivity index (χ0v) is 9.73. The van der Waals surface area contributed by atoms with Crippen LogP contribution in [0.4, 0.5) is 0 Å². The van der Waals surface area contributed by atoms with Crippen molar-refractivity contribution in [2.45, 2.75) is 13.3 Å². The number of hydrogen-bond acceptors (Lipinski definition) is 1. The molecule has 0 spiro atoms. The Balaban J connectivity index is -0.0000000233. The summed E-state index contributed by atoms with van der Waals surface area (Å²) < 4.78 is 8.70. The minimum atomic E-state index is -2.87. The van der Waals surface area contributed by atoms with Gasteiger partial charge in [-0.1, -0.05) is 6.92 Å². The molecular formula is C4H12O3PZn+. The molecule has 52 valence electrons. The Morgan fingerprint density at radius 1 is 1.56 bits per heavy atom. The molecule has 2 N–H and O–H groups in total. The molecule has 0 aliphatic heterocycles. The molecule has 0 rings (SSSR count). The van der Waals surface area contributed by atoms with E-state index in [1.54, 1.807) is 0 Å². The van der Waals surface area contributed by atoms with Crippen LogP contribution in [-0.2, 0) is 24.0 Å². The van der Waals surface area contributed by atoms with E-state index in [2.05, 4.69) is 6.92 Å². The Hall–Kier alpha value is 0.643. The van der Waals surface area contributed by atoms with Crippen LogP contribution >= 0.6 is 8.25 Å². The Bertz CT molecular complexity index is 47.1. The van der Waals surface area contributed by atoms with Gasteiger partial charge < -0.3 is 14.4 Å². The van der Waals surface area contributed by atoms with Crippen molar-refractivity contribution in [1.82, 2.24) is 0 Å². The van der Waals surface area contributed by atoms with Crippen molar-refractivity contribution in [2.24, 2.45) is 0 Å². The summed E-state index contributed by atoms with van der Waals surface area (Å²) in [5, 5.41) is 0. The molecule has 5 heteroatoms. The molecule has 0 heterocycles. The monoisotopic (exact) mass is 203 g/mol. The van der Waals surface area contributed by atoms with Crippen molar-refractivity contribution in [3.8, 4) is 0 Å². The van der Waals surface area contributed by atoms with Gasteiger partial charge in [-0.15, -0.1) is 9.79 Å². The first-order valence-electron chi connectivity index (χ1n) is 1.79. The molecular weight excluding hydrogens is 192 g/mol. The van der Waals surface area contributed by atoms with Gasteiger partial charge in [0, 0.05) is 4.57 Å². The molecule has 3 nitrogen and oxygen atoms in total. The molecule has 0 saturated heterocycles. The van der Waals surface area contributed by atoms with Crippen molar-refractivity contribution < 1.29 is 33.8 Å². The first kappa shape index (κ1) is 22.6. The fourth-order valence-electron chi connectivity index (χ4n) is 0. The second kappa shape index (κ2) is 23.4. The summed E-state index contributed by atoms with van der Waals surface area (Å²) in [6, 6.07) is 0. The van der Waals surface area contributed by atoms with Crippen LogP contribution in [0.3, 0.4) is 0 Å². The van der Waals surface area contributed by atoms with E-state index < -0.39 is 8.25 Å². The summed E-state index contributed by atoms with van der Waals surface area (Å²) >= 11 is 0. The fourth-order valence-corrected chi connectivity index (χ4v) is 0. The van der Waals surface area contributed by atoms with Crippen LogP contribution < -0.4 is 0 Å². The SMILES string of the molecule is O=[P+](O)O.[CH2-]CC.[CH3-].[Zn+2]. The van der Waals surface area contributed by atoms with Gasteiger partial charge in [-0.05, 0) is 0 Å². The van der Waals surface area contributed by atoms with E-state index in [0.29, 0.717) is 0 Å². The Morgan fingerprint density at radius 2 is 1.56 bits per heavy atom. The predicted octanol–water partition coefficient (Wildman–Crippen LogP) is 1.31. The first-order chi connectivity index (χ1) is 3.15. The quantitative estimate of drug-likeness (QED) is 0.355. The number of rotatable bonds is 0. The van der Waals surface area contributed by atoms with Crippen LogP contribution in [0, 0.1) is 14.4 Å². The third kappa shape index (κ3) is 922. The van der Waals surface area contributed by atoms with Crippen LogP contribution in [0.2, 0.25) is 0 Å². The summed E-state index contributed by atoms with van der Waals surface area (Å²) in [5.41, 5.74) is 0. The smallest absolute Gasteiger partial charge is 0.358 e. The fraction of sp³-hybridized carbons (Fsp3) is 0.500. The van der Waals surface area contributed by atoms with E-state index in [9.17, 15) is 0 Å². The van der Waals surface area contributed by atoms with Crippen LogP contribution in [0.25, 0.3) is 0 Å². The van der Waals surface area contributed by atoms with Crippen molar-refractivity contribution in [2.75, 3.05) is 0 Å². The van der Waals surface area contributed by atoms with E-state index in [0.717, 1.165) is 6.42 Å². The van der Waals surface area contributed by atoms with Crippen molar-refractivity contribution in [3.63, 3.8) is 0 Å². The van der Waals surface area contributed by atoms with E-state index in [1.165, 1.54) is 0 Å². The summed E-state index contributed by atoms with van der Waals surface area (Å²) in [6.07, 6.45) is 1.00. The molecule has 0 fully saturated rings. The van der Waals surface area contributed by atoms with Gasteiger partial charge in [-0.2, -0.15) is 6.42 Å². The van der Waals surface area contributed by atoms with Crippen LogP contribution in [0.1, 0.15) is 13.3 Å². The average Bonchev–Trinajstić information content (AvgIpc) is 1.33. The van der Waals surface area contributed by atoms with Gasteiger partial charge >= 0.3 is 27.7 Å². The Labute approximate surface area is 70.2 Å². The molecule has 0 bridgehead atoms. The van der Waals surface area contributed by atoms with Gasteiger partial charge in [0.2, 0.25) is 0 Å². The molecule has 0 aromatic carbocycles. The van der Waals surface area contributed by atoms with Crippen LogP contribution in [0.15, 0.2) is 0 Å². The first-order valence-corrected chi connectivity index (χ1v) is 2.95. The summed E-state index contributed by atoms with van der Waals surface area (Å²) in [4.78, 5) is 14.2. The normalized spacial score (nSPS) is 4.89. The third-order valence-corrected chi connectivity index (χ3v) is 0. The van der Waals surface area contributed by atoms with E-state index in [-0.39, 0.29) is 26.9 Å². The molecule has 0 aromatic heterocycles. The van der Waals surface area contributed by atoms with Gasteiger partial charge in [0.25, 0.3) is 0 Å². The molecule has 9 heavy (non-hydrogen) atoms. The van der Waals surface area contributed by atoms with Gasteiger partial charge in [0.1, 0.15) is 0 Å². The van der Waals surface area contributed by atoms with E-state index in [4.69, 9.17) is 14.4 Å². The summed E-state index contributed by atoms with van der Waals surface area (Å²) in [6.45, 7) is 5.50. The predicted molar refractivity (Wildman–Crippen MR) is 34.1 cm³/mol. The Morgan fingerprint density at radius 3 is 1.56 bits per heavy atom. The van der Waals surface area contributed by atoms with E-state index in [1.807, 2.05) is 6.92 Å². The molecule has 0 radical (unpaired) electrons. The van der Waals surface area contributed by atoms with Gasteiger partial charge in [-0.3, -0.25) is 0 Å². The molecule has 0 saturated carbocycles. The molecule has 0 aromatic rings. The maximum absolute atomic E-state index is 8.70. The summed E-state index contributed by atoms with van der Waals surface area (Å²) in [7, 11) is -2.87. The van der Waals surface area contributed by atoms with Gasteiger partial charge in [-0.25, -0.2) is 0 Å². The van der Waals surface area contributed by atoms with Crippen molar-refractivity contribution in [1.29, 1.82) is 0 Å². The van der Waals surface area contributed by atoms with Crippen molar-refractivity contribution >= 4 is 8.25 Å². The Kier molecular flexibility index (Phi) is 58.9. The molecule has 0 aliphatic carbocycles. The van der Waals surface area contributed by atoms with Crippen LogP contribution in [0.5, 0.6) is 0 Å².